The Bertz CT molecular complexity index is 1150. The number of carbonyl (C=O) groups is 3. The zero-order valence-corrected chi connectivity index (χ0v) is 15.5. The Balaban J connectivity index is 1.76. The van der Waals surface area contributed by atoms with Crippen LogP contribution in [-0.2, 0) is 0 Å². The summed E-state index contributed by atoms with van der Waals surface area (Å²) in [6, 6.07) is 12.0. The fourth-order valence-electron chi connectivity index (χ4n) is 3.03. The second-order valence-electron chi connectivity index (χ2n) is 6.03. The molecule has 4 rings (SSSR count). The number of hydrazone groups is 1. The molecule has 0 radical (unpaired) electrons. The molecule has 0 spiro atoms. The summed E-state index contributed by atoms with van der Waals surface area (Å²) in [5.74, 6) is -2.24. The molecule has 0 fully saturated rings. The summed E-state index contributed by atoms with van der Waals surface area (Å²) >= 11 is 12.4. The number of amides is 2. The van der Waals surface area contributed by atoms with Crippen LogP contribution in [0.4, 0.5) is 0 Å². The number of nitrogens with zero attached hydrogens (tertiary/aromatic N) is 2. The summed E-state index contributed by atoms with van der Waals surface area (Å²) in [7, 11) is 0. The smallest absolute Gasteiger partial charge is 0.335 e. The van der Waals surface area contributed by atoms with E-state index in [-0.39, 0.29) is 16.7 Å². The predicted octanol–water partition coefficient (Wildman–Crippen LogP) is 4.47. The fourth-order valence-corrected chi connectivity index (χ4v) is 3.60. The molecule has 0 atom stereocenters. The van der Waals surface area contributed by atoms with Crippen LogP contribution >= 0.6 is 23.2 Å². The maximum atomic E-state index is 12.8. The Labute approximate surface area is 168 Å². The van der Waals surface area contributed by atoms with Gasteiger partial charge in [0.15, 0.2) is 0 Å². The third-order valence-corrected chi connectivity index (χ3v) is 5.01. The molecule has 2 amide bonds. The van der Waals surface area contributed by atoms with E-state index in [1.807, 2.05) is 0 Å². The van der Waals surface area contributed by atoms with E-state index in [9.17, 15) is 14.4 Å². The molecule has 28 heavy (non-hydrogen) atoms. The Kier molecular flexibility index (Phi) is 4.37. The molecule has 1 aliphatic heterocycles. The third kappa shape index (κ3) is 2.83. The summed E-state index contributed by atoms with van der Waals surface area (Å²) in [4.78, 5) is 36.6. The number of carboxylic acids is 1. The van der Waals surface area contributed by atoms with Crippen LogP contribution in [0, 0.1) is 0 Å². The average Bonchev–Trinajstić information content (AvgIpc) is 2.67. The van der Waals surface area contributed by atoms with Gasteiger partial charge in [0.05, 0.1) is 22.9 Å². The predicted molar refractivity (Wildman–Crippen MR) is 105 cm³/mol. The van der Waals surface area contributed by atoms with E-state index in [0.717, 1.165) is 5.01 Å². The van der Waals surface area contributed by atoms with Gasteiger partial charge in [-0.25, -0.2) is 4.79 Å². The molecule has 1 N–H and O–H groups in total. The van der Waals surface area contributed by atoms with Crippen LogP contribution in [-0.4, -0.2) is 34.1 Å². The standard InChI is InChI=1S/C20H10Cl2N2O4/c21-14-7-5-12-16-13(6-8-15(22)17(14)16)19(26)24(18(12)25)23-9-10-1-3-11(4-2-10)20(27)28/h1-9H,(H,27,28)/b23-9+. The van der Waals surface area contributed by atoms with Gasteiger partial charge in [-0.1, -0.05) is 35.3 Å². The van der Waals surface area contributed by atoms with E-state index in [1.165, 1.54) is 42.6 Å². The Hall–Kier alpha value is -3.22. The minimum atomic E-state index is -1.05. The van der Waals surface area contributed by atoms with Crippen molar-refractivity contribution in [3.63, 3.8) is 0 Å². The average molecular weight is 413 g/mol. The van der Waals surface area contributed by atoms with Crippen molar-refractivity contribution < 1.29 is 19.5 Å². The van der Waals surface area contributed by atoms with Crippen molar-refractivity contribution in [3.05, 3.63) is 80.8 Å². The second-order valence-corrected chi connectivity index (χ2v) is 6.85. The number of halogens is 2. The SMILES string of the molecule is O=C(O)c1ccc(/C=N/N2C(=O)c3ccc(Cl)c4c(Cl)ccc(c34)C2=O)cc1. The summed E-state index contributed by atoms with van der Waals surface area (Å²) in [6.07, 6.45) is 1.31. The van der Waals surface area contributed by atoms with Crippen molar-refractivity contribution in [3.8, 4) is 0 Å². The van der Waals surface area contributed by atoms with Crippen LogP contribution in [0.1, 0.15) is 36.6 Å². The quantitative estimate of drug-likeness (QED) is 0.507. The van der Waals surface area contributed by atoms with Gasteiger partial charge in [-0.3, -0.25) is 9.59 Å². The van der Waals surface area contributed by atoms with E-state index in [1.54, 1.807) is 12.1 Å². The molecule has 0 saturated heterocycles. The van der Waals surface area contributed by atoms with Crippen molar-refractivity contribution in [2.75, 3.05) is 0 Å². The second kappa shape index (κ2) is 6.74. The number of aromatic carboxylic acids is 1. The molecule has 6 nitrogen and oxygen atoms in total. The highest BCUT2D eigenvalue weighted by molar-refractivity contribution is 6.44. The molecule has 8 heteroatoms. The highest BCUT2D eigenvalue weighted by Gasteiger charge is 2.34. The minimum absolute atomic E-state index is 0.122. The van der Waals surface area contributed by atoms with E-state index < -0.39 is 17.8 Å². The number of rotatable bonds is 3. The largest absolute Gasteiger partial charge is 0.478 e. The molecule has 0 aromatic heterocycles. The topological polar surface area (TPSA) is 87.0 Å². The Morgan fingerprint density at radius 1 is 0.857 bits per heavy atom. The molecular weight excluding hydrogens is 403 g/mol. The van der Waals surface area contributed by atoms with Gasteiger partial charge in [0.2, 0.25) is 0 Å². The number of carbonyl (C=O) groups excluding carboxylic acids is 2. The molecule has 1 heterocycles. The first-order chi connectivity index (χ1) is 13.4. The van der Waals surface area contributed by atoms with Crippen LogP contribution in [0.25, 0.3) is 10.8 Å². The van der Waals surface area contributed by atoms with E-state index in [0.29, 0.717) is 26.4 Å². The van der Waals surface area contributed by atoms with Crippen LogP contribution < -0.4 is 0 Å². The van der Waals surface area contributed by atoms with Gasteiger partial charge in [0.1, 0.15) is 0 Å². The highest BCUT2D eigenvalue weighted by Crippen LogP contribution is 2.38. The normalized spacial score (nSPS) is 13.6. The first-order valence-electron chi connectivity index (χ1n) is 8.05. The molecule has 1 aliphatic rings. The van der Waals surface area contributed by atoms with Gasteiger partial charge in [-0.15, -0.1) is 0 Å². The maximum absolute atomic E-state index is 12.8. The molecule has 0 unspecified atom stereocenters. The minimum Gasteiger partial charge on any atom is -0.478 e. The van der Waals surface area contributed by atoms with Crippen molar-refractivity contribution in [1.29, 1.82) is 0 Å². The van der Waals surface area contributed by atoms with Crippen LogP contribution in [0.5, 0.6) is 0 Å². The molecule has 0 saturated carbocycles. The first kappa shape index (κ1) is 18.2. The zero-order valence-electron chi connectivity index (χ0n) is 14.0. The van der Waals surface area contributed by atoms with Gasteiger partial charge in [-0.05, 0) is 42.0 Å². The number of hydrogen-bond donors (Lipinski definition) is 1. The summed E-state index contributed by atoms with van der Waals surface area (Å²) in [5.41, 5.74) is 1.20. The molecular formula is C20H10Cl2N2O4. The monoisotopic (exact) mass is 412 g/mol. The number of benzene rings is 3. The number of hydrogen-bond acceptors (Lipinski definition) is 4. The number of carboxylic acid groups (broad SMARTS) is 1. The van der Waals surface area contributed by atoms with Gasteiger partial charge < -0.3 is 5.11 Å². The lowest BCUT2D eigenvalue weighted by Crippen LogP contribution is -2.36. The molecule has 3 aromatic carbocycles. The molecule has 0 bridgehead atoms. The van der Waals surface area contributed by atoms with Crippen LogP contribution in [0.2, 0.25) is 10.0 Å². The lowest BCUT2D eigenvalue weighted by atomic mass is 9.95. The summed E-state index contributed by atoms with van der Waals surface area (Å²) in [6.45, 7) is 0. The van der Waals surface area contributed by atoms with E-state index >= 15 is 0 Å². The van der Waals surface area contributed by atoms with Crippen molar-refractivity contribution in [2.24, 2.45) is 5.10 Å². The van der Waals surface area contributed by atoms with Crippen LogP contribution in [0.3, 0.4) is 0 Å². The van der Waals surface area contributed by atoms with Crippen molar-refractivity contribution in [2.45, 2.75) is 0 Å². The van der Waals surface area contributed by atoms with Crippen molar-refractivity contribution >= 4 is 58.0 Å². The molecule has 3 aromatic rings. The number of imide groups is 1. The van der Waals surface area contributed by atoms with Crippen LogP contribution in [0.15, 0.2) is 53.6 Å². The van der Waals surface area contributed by atoms with Gasteiger partial charge in [0.25, 0.3) is 11.8 Å². The molecule has 0 aliphatic carbocycles. The summed E-state index contributed by atoms with van der Waals surface area (Å²) in [5, 5.41) is 15.3. The zero-order chi connectivity index (χ0) is 20.0. The van der Waals surface area contributed by atoms with Gasteiger partial charge in [0, 0.05) is 20.8 Å². The maximum Gasteiger partial charge on any atom is 0.335 e. The Morgan fingerprint density at radius 2 is 1.39 bits per heavy atom. The van der Waals surface area contributed by atoms with Gasteiger partial charge in [-0.2, -0.15) is 10.1 Å². The summed E-state index contributed by atoms with van der Waals surface area (Å²) < 4.78 is 0. The first-order valence-corrected chi connectivity index (χ1v) is 8.81. The van der Waals surface area contributed by atoms with Crippen molar-refractivity contribution in [1.82, 2.24) is 5.01 Å². The lowest BCUT2D eigenvalue weighted by Gasteiger charge is -2.23. The highest BCUT2D eigenvalue weighted by atomic mass is 35.5. The lowest BCUT2D eigenvalue weighted by molar-refractivity contribution is 0.0614. The fraction of sp³-hybridized carbons (Fsp3) is 0. The van der Waals surface area contributed by atoms with Gasteiger partial charge >= 0.3 is 5.97 Å². The van der Waals surface area contributed by atoms with E-state index in [2.05, 4.69) is 5.10 Å². The Morgan fingerprint density at radius 3 is 1.89 bits per heavy atom. The third-order valence-electron chi connectivity index (χ3n) is 4.38. The molecule has 138 valence electrons. The van der Waals surface area contributed by atoms with E-state index in [4.69, 9.17) is 28.3 Å².